The number of benzene rings is 1. The maximum absolute atomic E-state index is 12.1. The molecule has 1 rings (SSSR count). The van der Waals surface area contributed by atoms with Crippen LogP contribution in [0.3, 0.4) is 0 Å². The summed E-state index contributed by atoms with van der Waals surface area (Å²) >= 11 is 0. The fraction of sp³-hybridized carbons (Fsp3) is 0.571. The zero-order valence-electron chi connectivity index (χ0n) is 11.5. The molecule has 0 aromatic heterocycles. The second-order valence-corrected chi connectivity index (χ2v) is 6.63. The quantitative estimate of drug-likeness (QED) is 0.766. The van der Waals surface area contributed by atoms with Crippen molar-refractivity contribution in [3.05, 3.63) is 35.9 Å². The van der Waals surface area contributed by atoms with Crippen molar-refractivity contribution in [1.82, 2.24) is 4.72 Å². The van der Waals surface area contributed by atoms with E-state index in [9.17, 15) is 8.42 Å². The van der Waals surface area contributed by atoms with Gasteiger partial charge in [-0.1, -0.05) is 44.2 Å². The predicted octanol–water partition coefficient (Wildman–Crippen LogP) is 1.87. The van der Waals surface area contributed by atoms with E-state index in [-0.39, 0.29) is 24.3 Å². The van der Waals surface area contributed by atoms with Crippen molar-refractivity contribution >= 4 is 10.0 Å². The Balaban J connectivity index is 2.64. The van der Waals surface area contributed by atoms with Crippen LogP contribution in [0, 0.1) is 0 Å². The van der Waals surface area contributed by atoms with E-state index in [1.807, 2.05) is 44.2 Å². The Labute approximate surface area is 115 Å². The number of hydrogen-bond donors (Lipinski definition) is 2. The van der Waals surface area contributed by atoms with Crippen LogP contribution in [0.1, 0.15) is 38.2 Å². The summed E-state index contributed by atoms with van der Waals surface area (Å²) in [5, 5.41) is 8.89. The highest BCUT2D eigenvalue weighted by atomic mass is 32.2. The smallest absolute Gasteiger partial charge is 0.212 e. The van der Waals surface area contributed by atoms with E-state index in [2.05, 4.69) is 4.72 Å². The first-order valence-electron chi connectivity index (χ1n) is 6.64. The molecule has 0 radical (unpaired) electrons. The van der Waals surface area contributed by atoms with Crippen LogP contribution in [0.15, 0.2) is 30.3 Å². The molecule has 19 heavy (non-hydrogen) atoms. The molecule has 108 valence electrons. The molecule has 0 spiro atoms. The summed E-state index contributed by atoms with van der Waals surface area (Å²) in [6, 6.07) is 9.42. The summed E-state index contributed by atoms with van der Waals surface area (Å²) in [5.74, 6) is 0.0178. The van der Waals surface area contributed by atoms with Gasteiger partial charge in [0.25, 0.3) is 0 Å². The van der Waals surface area contributed by atoms with E-state index in [4.69, 9.17) is 5.11 Å². The summed E-state index contributed by atoms with van der Waals surface area (Å²) in [7, 11) is -3.32. The Morgan fingerprint density at radius 3 is 2.42 bits per heavy atom. The van der Waals surface area contributed by atoms with Crippen LogP contribution in [0.2, 0.25) is 0 Å². The summed E-state index contributed by atoms with van der Waals surface area (Å²) in [6.07, 6.45) is 1.13. The van der Waals surface area contributed by atoms with E-state index < -0.39 is 10.0 Å². The van der Waals surface area contributed by atoms with Crippen molar-refractivity contribution in [2.24, 2.45) is 0 Å². The fourth-order valence-corrected chi connectivity index (χ4v) is 3.75. The lowest BCUT2D eigenvalue weighted by Crippen LogP contribution is -2.37. The minimum Gasteiger partial charge on any atom is -0.396 e. The molecule has 0 fully saturated rings. The molecule has 2 atom stereocenters. The lowest BCUT2D eigenvalue weighted by molar-refractivity contribution is 0.270. The third kappa shape index (κ3) is 5.72. The molecule has 1 aromatic rings. The first-order valence-corrected chi connectivity index (χ1v) is 8.29. The molecule has 0 aliphatic heterocycles. The maximum atomic E-state index is 12.1. The first-order chi connectivity index (χ1) is 8.98. The van der Waals surface area contributed by atoms with Gasteiger partial charge in [-0.25, -0.2) is 13.1 Å². The lowest BCUT2D eigenvalue weighted by atomic mass is 10.0. The monoisotopic (exact) mass is 285 g/mol. The first kappa shape index (κ1) is 16.1. The largest absolute Gasteiger partial charge is 0.396 e. The molecule has 0 aliphatic carbocycles. The van der Waals surface area contributed by atoms with Crippen molar-refractivity contribution < 1.29 is 13.5 Å². The molecule has 0 saturated carbocycles. The number of rotatable bonds is 8. The van der Waals surface area contributed by atoms with Crippen molar-refractivity contribution in [1.29, 1.82) is 0 Å². The molecule has 0 amide bonds. The number of aliphatic hydroxyl groups is 1. The Hall–Kier alpha value is -0.910. The number of sulfonamides is 1. The van der Waals surface area contributed by atoms with Crippen LogP contribution in [-0.2, 0) is 10.0 Å². The summed E-state index contributed by atoms with van der Waals surface area (Å²) in [4.78, 5) is 0. The van der Waals surface area contributed by atoms with Gasteiger partial charge in [-0.3, -0.25) is 0 Å². The molecular weight excluding hydrogens is 262 g/mol. The molecule has 5 heteroatoms. The molecule has 0 aliphatic rings. The molecule has 0 saturated heterocycles. The van der Waals surface area contributed by atoms with Crippen LogP contribution in [0.4, 0.5) is 0 Å². The summed E-state index contributed by atoms with van der Waals surface area (Å²) < 4.78 is 26.8. The van der Waals surface area contributed by atoms with Crippen LogP contribution in [0.5, 0.6) is 0 Å². The van der Waals surface area contributed by atoms with Gasteiger partial charge in [0.05, 0.1) is 5.75 Å². The van der Waals surface area contributed by atoms with Crippen molar-refractivity contribution in [2.45, 2.75) is 38.6 Å². The maximum Gasteiger partial charge on any atom is 0.212 e. The highest BCUT2D eigenvalue weighted by Gasteiger charge is 2.20. The van der Waals surface area contributed by atoms with E-state index >= 15 is 0 Å². The molecule has 0 heterocycles. The zero-order chi connectivity index (χ0) is 14.3. The van der Waals surface area contributed by atoms with Gasteiger partial charge in [0.15, 0.2) is 0 Å². The fourth-order valence-electron chi connectivity index (χ4n) is 2.01. The molecule has 4 nitrogen and oxygen atoms in total. The van der Waals surface area contributed by atoms with Crippen molar-refractivity contribution in [3.63, 3.8) is 0 Å². The normalized spacial score (nSPS) is 15.1. The number of nitrogens with one attached hydrogen (secondary N) is 1. The third-order valence-electron chi connectivity index (χ3n) is 3.15. The molecule has 2 N–H and O–H groups in total. The molecular formula is C14H23NO3S. The lowest BCUT2D eigenvalue weighted by Gasteiger charge is -2.18. The number of hydrogen-bond acceptors (Lipinski definition) is 3. The van der Waals surface area contributed by atoms with Gasteiger partial charge in [-0.05, 0) is 24.3 Å². The van der Waals surface area contributed by atoms with E-state index in [1.54, 1.807) is 0 Å². The standard InChI is InChI=1S/C14H23NO3S/c1-3-14(9-10-16)15-19(17,18)11-12(2)13-7-5-4-6-8-13/h4-8,12,14-16H,3,9-11H2,1-2H3. The Kier molecular flexibility index (Phi) is 6.48. The van der Waals surface area contributed by atoms with Crippen molar-refractivity contribution in [2.75, 3.05) is 12.4 Å². The second-order valence-electron chi connectivity index (χ2n) is 4.83. The van der Waals surface area contributed by atoms with Gasteiger partial charge in [0, 0.05) is 12.6 Å². The zero-order valence-corrected chi connectivity index (χ0v) is 12.4. The molecule has 2 unspecified atom stereocenters. The second kappa shape index (κ2) is 7.62. The molecule has 0 bridgehead atoms. The van der Waals surface area contributed by atoms with Gasteiger partial charge in [-0.2, -0.15) is 0 Å². The van der Waals surface area contributed by atoms with Gasteiger partial charge in [0.2, 0.25) is 10.0 Å². The summed E-state index contributed by atoms with van der Waals surface area (Å²) in [5.41, 5.74) is 1.02. The Morgan fingerprint density at radius 1 is 1.26 bits per heavy atom. The SMILES string of the molecule is CCC(CCO)NS(=O)(=O)CC(C)c1ccccc1. The van der Waals surface area contributed by atoms with Crippen molar-refractivity contribution in [3.8, 4) is 0 Å². The minimum absolute atomic E-state index is 0.00470. The van der Waals surface area contributed by atoms with Gasteiger partial charge >= 0.3 is 0 Å². The predicted molar refractivity (Wildman–Crippen MR) is 77.6 cm³/mol. The highest BCUT2D eigenvalue weighted by Crippen LogP contribution is 2.16. The van der Waals surface area contributed by atoms with Gasteiger partial charge in [0.1, 0.15) is 0 Å². The summed E-state index contributed by atoms with van der Waals surface area (Å²) in [6.45, 7) is 3.81. The Morgan fingerprint density at radius 2 is 1.89 bits per heavy atom. The third-order valence-corrected chi connectivity index (χ3v) is 4.79. The average molecular weight is 285 g/mol. The van der Waals surface area contributed by atoms with Crippen LogP contribution in [-0.4, -0.2) is 31.9 Å². The van der Waals surface area contributed by atoms with Gasteiger partial charge in [-0.15, -0.1) is 0 Å². The topological polar surface area (TPSA) is 66.4 Å². The van der Waals surface area contributed by atoms with Crippen LogP contribution >= 0.6 is 0 Å². The Bertz CT molecular complexity index is 459. The van der Waals surface area contributed by atoms with E-state index in [1.165, 1.54) is 0 Å². The van der Waals surface area contributed by atoms with Gasteiger partial charge < -0.3 is 5.11 Å². The highest BCUT2D eigenvalue weighted by molar-refractivity contribution is 7.89. The molecule has 1 aromatic carbocycles. The van der Waals surface area contributed by atoms with E-state index in [0.717, 1.165) is 5.56 Å². The van der Waals surface area contributed by atoms with E-state index in [0.29, 0.717) is 12.8 Å². The average Bonchev–Trinajstić information content (AvgIpc) is 2.38. The number of aliphatic hydroxyl groups excluding tert-OH is 1. The van der Waals surface area contributed by atoms with Crippen LogP contribution < -0.4 is 4.72 Å². The van der Waals surface area contributed by atoms with Crippen LogP contribution in [0.25, 0.3) is 0 Å². The minimum atomic E-state index is -3.32.